The van der Waals surface area contributed by atoms with Gasteiger partial charge in [-0.3, -0.25) is 14.6 Å². The molecule has 2 aromatic carbocycles. The average molecular weight is 458 g/mol. The number of amides is 2. The molecule has 0 fully saturated rings. The summed E-state index contributed by atoms with van der Waals surface area (Å²) in [5.74, 6) is -0.342. The average Bonchev–Trinajstić information content (AvgIpc) is 3.43. The molecule has 3 heterocycles. The minimum atomic E-state index is -0.839. The Labute approximate surface area is 194 Å². The van der Waals surface area contributed by atoms with Gasteiger partial charge in [-0.25, -0.2) is 4.98 Å². The summed E-state index contributed by atoms with van der Waals surface area (Å²) in [4.78, 5) is 37.2. The molecular formula is C25H23N5O2S. The highest BCUT2D eigenvalue weighted by Crippen LogP contribution is 2.27. The smallest absolute Gasteiger partial charge is 0.254 e. The number of nitrogens with zero attached hydrogens (tertiary/aromatic N) is 2. The van der Waals surface area contributed by atoms with Gasteiger partial charge in [0.1, 0.15) is 17.4 Å². The van der Waals surface area contributed by atoms with Crippen molar-refractivity contribution in [2.45, 2.75) is 19.9 Å². The SMILES string of the molecule is C.NC(=O)[C@@H](Cc1csc2ccccc12)NC(=O)c1cccc2[nH]c(-c3ccncc3)nc12. The molecule has 33 heavy (non-hydrogen) atoms. The maximum atomic E-state index is 13.1. The number of hydrogen-bond acceptors (Lipinski definition) is 5. The van der Waals surface area contributed by atoms with Crippen LogP contribution in [-0.2, 0) is 11.2 Å². The van der Waals surface area contributed by atoms with Gasteiger partial charge >= 0.3 is 0 Å². The Morgan fingerprint density at radius 1 is 1.06 bits per heavy atom. The molecule has 0 spiro atoms. The van der Waals surface area contributed by atoms with Gasteiger partial charge in [0.05, 0.1) is 11.1 Å². The van der Waals surface area contributed by atoms with Crippen LogP contribution in [0.3, 0.4) is 0 Å². The van der Waals surface area contributed by atoms with Crippen LogP contribution in [-0.4, -0.2) is 32.8 Å². The summed E-state index contributed by atoms with van der Waals surface area (Å²) in [6.45, 7) is 0. The van der Waals surface area contributed by atoms with Crippen LogP contribution in [0.4, 0.5) is 0 Å². The second-order valence-electron chi connectivity index (χ2n) is 7.41. The zero-order valence-electron chi connectivity index (χ0n) is 16.9. The second kappa shape index (κ2) is 9.22. The van der Waals surface area contributed by atoms with Crippen LogP contribution in [0.5, 0.6) is 0 Å². The molecule has 0 bridgehead atoms. The van der Waals surface area contributed by atoms with Gasteiger partial charge in [0.25, 0.3) is 5.91 Å². The summed E-state index contributed by atoms with van der Waals surface area (Å²) < 4.78 is 1.13. The molecule has 0 unspecified atom stereocenters. The molecule has 2 amide bonds. The number of H-pyrrole nitrogens is 1. The fraction of sp³-hybridized carbons (Fsp3) is 0.120. The van der Waals surface area contributed by atoms with E-state index in [1.54, 1.807) is 35.9 Å². The lowest BCUT2D eigenvalue weighted by molar-refractivity contribution is -0.119. The standard InChI is InChI=1S/C24H19N5O2S.CH4/c25-22(30)19(12-15-13-32-20-7-2-1-4-16(15)20)28-24(31)17-5-3-6-18-21(17)29-23(27-18)14-8-10-26-11-9-14;/h1-11,13,19H,12H2,(H2,25,30)(H,27,29)(H,28,31);1H4/t19-;/m1./s1. The fourth-order valence-corrected chi connectivity index (χ4v) is 4.71. The molecule has 0 aliphatic carbocycles. The first-order chi connectivity index (χ1) is 15.6. The number of nitrogens with two attached hydrogens (primary N) is 1. The maximum absolute atomic E-state index is 13.1. The first-order valence-electron chi connectivity index (χ1n) is 10.0. The van der Waals surface area contributed by atoms with Gasteiger partial charge in [-0.15, -0.1) is 11.3 Å². The molecular weight excluding hydrogens is 434 g/mol. The van der Waals surface area contributed by atoms with Gasteiger partial charge in [-0.2, -0.15) is 0 Å². The third-order valence-electron chi connectivity index (χ3n) is 5.35. The molecule has 8 heteroatoms. The number of nitrogens with one attached hydrogen (secondary N) is 2. The van der Waals surface area contributed by atoms with E-state index in [0.29, 0.717) is 23.3 Å². The lowest BCUT2D eigenvalue weighted by Gasteiger charge is -2.15. The summed E-state index contributed by atoms with van der Waals surface area (Å²) in [6, 6.07) is 16.1. The van der Waals surface area contributed by atoms with Gasteiger partial charge in [-0.1, -0.05) is 31.7 Å². The number of carbonyl (C=O) groups is 2. The van der Waals surface area contributed by atoms with Gasteiger partial charge in [0.15, 0.2) is 0 Å². The van der Waals surface area contributed by atoms with E-state index in [1.807, 2.05) is 47.8 Å². The lowest BCUT2D eigenvalue weighted by Crippen LogP contribution is -2.45. The number of fused-ring (bicyclic) bond motifs is 2. The van der Waals surface area contributed by atoms with Gasteiger partial charge in [0, 0.05) is 29.1 Å². The van der Waals surface area contributed by atoms with E-state index in [4.69, 9.17) is 5.73 Å². The summed E-state index contributed by atoms with van der Waals surface area (Å²) in [7, 11) is 0. The van der Waals surface area contributed by atoms with E-state index < -0.39 is 17.9 Å². The Kier molecular flexibility index (Phi) is 6.19. The van der Waals surface area contributed by atoms with E-state index in [-0.39, 0.29) is 7.43 Å². The number of aromatic nitrogens is 3. The van der Waals surface area contributed by atoms with Gasteiger partial charge < -0.3 is 16.0 Å². The third kappa shape index (κ3) is 4.33. The van der Waals surface area contributed by atoms with Crippen molar-refractivity contribution in [1.82, 2.24) is 20.3 Å². The number of primary amides is 1. The maximum Gasteiger partial charge on any atom is 0.254 e. The zero-order valence-corrected chi connectivity index (χ0v) is 17.7. The highest BCUT2D eigenvalue weighted by Gasteiger charge is 2.23. The highest BCUT2D eigenvalue weighted by molar-refractivity contribution is 7.17. The number of pyridine rings is 1. The summed E-state index contributed by atoms with van der Waals surface area (Å²) >= 11 is 1.60. The van der Waals surface area contributed by atoms with E-state index in [9.17, 15) is 9.59 Å². The molecule has 0 saturated carbocycles. The number of benzene rings is 2. The summed E-state index contributed by atoms with van der Waals surface area (Å²) in [6.07, 6.45) is 3.69. The Morgan fingerprint density at radius 2 is 1.85 bits per heavy atom. The minimum absolute atomic E-state index is 0. The predicted molar refractivity (Wildman–Crippen MR) is 132 cm³/mol. The van der Waals surface area contributed by atoms with Crippen molar-refractivity contribution in [3.05, 3.63) is 83.5 Å². The zero-order chi connectivity index (χ0) is 22.1. The Balaban J connectivity index is 0.00000259. The molecule has 5 aromatic rings. The monoisotopic (exact) mass is 457 g/mol. The number of imidazole rings is 1. The van der Waals surface area contributed by atoms with Crippen molar-refractivity contribution in [3.8, 4) is 11.4 Å². The highest BCUT2D eigenvalue weighted by atomic mass is 32.1. The number of thiophene rings is 1. The van der Waals surface area contributed by atoms with Crippen LogP contribution in [0, 0.1) is 0 Å². The van der Waals surface area contributed by atoms with Crippen molar-refractivity contribution in [2.75, 3.05) is 0 Å². The molecule has 4 N–H and O–H groups in total. The van der Waals surface area contributed by atoms with Crippen LogP contribution in [0.15, 0.2) is 72.4 Å². The van der Waals surface area contributed by atoms with Gasteiger partial charge in [-0.05, 0) is 46.7 Å². The topological polar surface area (TPSA) is 114 Å². The van der Waals surface area contributed by atoms with Crippen molar-refractivity contribution in [1.29, 1.82) is 0 Å². The molecule has 1 atom stereocenters. The second-order valence-corrected chi connectivity index (χ2v) is 8.32. The number of hydrogen-bond donors (Lipinski definition) is 3. The Morgan fingerprint density at radius 3 is 2.64 bits per heavy atom. The molecule has 0 aliphatic rings. The van der Waals surface area contributed by atoms with E-state index in [2.05, 4.69) is 20.3 Å². The third-order valence-corrected chi connectivity index (χ3v) is 6.36. The largest absolute Gasteiger partial charge is 0.368 e. The number of aromatic amines is 1. The van der Waals surface area contributed by atoms with Crippen molar-refractivity contribution in [3.63, 3.8) is 0 Å². The summed E-state index contributed by atoms with van der Waals surface area (Å²) in [5, 5.41) is 5.87. The van der Waals surface area contributed by atoms with Crippen LogP contribution in [0.25, 0.3) is 32.5 Å². The number of rotatable bonds is 6. The van der Waals surface area contributed by atoms with Crippen molar-refractivity contribution >= 4 is 44.3 Å². The molecule has 0 aliphatic heterocycles. The lowest BCUT2D eigenvalue weighted by atomic mass is 10.0. The van der Waals surface area contributed by atoms with Crippen LogP contribution in [0.1, 0.15) is 23.3 Å². The van der Waals surface area contributed by atoms with Crippen LogP contribution >= 0.6 is 11.3 Å². The molecule has 7 nitrogen and oxygen atoms in total. The van der Waals surface area contributed by atoms with E-state index in [0.717, 1.165) is 26.7 Å². The van der Waals surface area contributed by atoms with Crippen molar-refractivity contribution < 1.29 is 9.59 Å². The van der Waals surface area contributed by atoms with Crippen LogP contribution in [0.2, 0.25) is 0 Å². The van der Waals surface area contributed by atoms with E-state index in [1.165, 1.54) is 0 Å². The first-order valence-corrected chi connectivity index (χ1v) is 10.9. The normalized spacial score (nSPS) is 11.8. The fourth-order valence-electron chi connectivity index (χ4n) is 3.73. The molecule has 0 saturated heterocycles. The Bertz CT molecular complexity index is 1440. The Hall–Kier alpha value is -4.04. The van der Waals surface area contributed by atoms with Gasteiger partial charge in [0.2, 0.25) is 5.91 Å². The first kappa shape index (κ1) is 22.2. The quantitative estimate of drug-likeness (QED) is 0.353. The molecule has 166 valence electrons. The van der Waals surface area contributed by atoms with Crippen molar-refractivity contribution in [2.24, 2.45) is 5.73 Å². The number of para-hydroxylation sites is 1. The van der Waals surface area contributed by atoms with E-state index >= 15 is 0 Å². The predicted octanol–water partition coefficient (Wildman–Crippen LogP) is 4.30. The van der Waals surface area contributed by atoms with Crippen LogP contribution < -0.4 is 11.1 Å². The minimum Gasteiger partial charge on any atom is -0.368 e. The molecule has 0 radical (unpaired) electrons. The number of carbonyl (C=O) groups excluding carboxylic acids is 2. The molecule has 5 rings (SSSR count). The summed E-state index contributed by atoms with van der Waals surface area (Å²) in [5.41, 5.74) is 9.11. The molecule has 3 aromatic heterocycles.